The zero-order valence-electron chi connectivity index (χ0n) is 8.23. The molecule has 0 heterocycles. The molecule has 0 aliphatic rings. The molecule has 0 radical (unpaired) electrons. The topological polar surface area (TPSA) is 33.0 Å². The molecule has 1 aromatic carbocycles. The van der Waals surface area contributed by atoms with E-state index in [4.69, 9.17) is 21.6 Å². The van der Waals surface area contributed by atoms with Crippen LogP contribution in [-0.4, -0.2) is 7.11 Å². The van der Waals surface area contributed by atoms with Crippen molar-refractivity contribution in [2.75, 3.05) is 7.11 Å². The van der Waals surface area contributed by atoms with Gasteiger partial charge in [0.1, 0.15) is 5.75 Å². The van der Waals surface area contributed by atoms with E-state index in [1.54, 1.807) is 6.07 Å². The molecular formula is C10H7ClF3NO. The largest absolute Gasteiger partial charge is 0.495 e. The van der Waals surface area contributed by atoms with E-state index in [1.165, 1.54) is 7.11 Å². The van der Waals surface area contributed by atoms with E-state index in [1.807, 2.05) is 0 Å². The van der Waals surface area contributed by atoms with Gasteiger partial charge in [-0.25, -0.2) is 0 Å². The molecule has 1 rings (SSSR count). The fourth-order valence-corrected chi connectivity index (χ4v) is 1.58. The van der Waals surface area contributed by atoms with Gasteiger partial charge in [-0.15, -0.1) is 0 Å². The van der Waals surface area contributed by atoms with E-state index in [2.05, 4.69) is 0 Å². The third-order valence-corrected chi connectivity index (χ3v) is 2.20. The lowest BCUT2D eigenvalue weighted by Crippen LogP contribution is -2.06. The van der Waals surface area contributed by atoms with Crippen molar-refractivity contribution >= 4 is 11.6 Å². The molecule has 1 aromatic rings. The Kier molecular flexibility index (Phi) is 3.66. The van der Waals surface area contributed by atoms with Crippen LogP contribution in [-0.2, 0) is 12.6 Å². The maximum atomic E-state index is 12.4. The molecule has 0 saturated heterocycles. The van der Waals surface area contributed by atoms with Crippen molar-refractivity contribution in [1.29, 1.82) is 5.26 Å². The standard InChI is InChI=1S/C10H7ClF3NO/c1-16-9-6(2-3-15)4-7(5-8(9)11)10(12,13)14/h4-5H,2H2,1H3. The Labute approximate surface area is 95.2 Å². The third kappa shape index (κ3) is 2.58. The number of alkyl halides is 3. The highest BCUT2D eigenvalue weighted by Crippen LogP contribution is 2.37. The predicted octanol–water partition coefficient (Wildman–Crippen LogP) is 3.43. The van der Waals surface area contributed by atoms with Crippen LogP contribution in [0, 0.1) is 11.3 Å². The molecule has 0 aromatic heterocycles. The summed E-state index contributed by atoms with van der Waals surface area (Å²) in [6, 6.07) is 3.41. The average Bonchev–Trinajstić information content (AvgIpc) is 2.16. The smallest absolute Gasteiger partial charge is 0.416 e. The van der Waals surface area contributed by atoms with Gasteiger partial charge < -0.3 is 4.74 Å². The lowest BCUT2D eigenvalue weighted by atomic mass is 10.1. The molecule has 2 nitrogen and oxygen atoms in total. The highest BCUT2D eigenvalue weighted by molar-refractivity contribution is 6.32. The number of hydrogen-bond donors (Lipinski definition) is 0. The summed E-state index contributed by atoms with van der Waals surface area (Å²) in [6.45, 7) is 0. The van der Waals surface area contributed by atoms with E-state index in [0.717, 1.165) is 12.1 Å². The van der Waals surface area contributed by atoms with Crippen LogP contribution in [0.15, 0.2) is 12.1 Å². The van der Waals surface area contributed by atoms with Gasteiger partial charge in [-0.1, -0.05) is 11.6 Å². The van der Waals surface area contributed by atoms with Gasteiger partial charge in [-0.2, -0.15) is 18.4 Å². The zero-order chi connectivity index (χ0) is 12.3. The highest BCUT2D eigenvalue weighted by atomic mass is 35.5. The first-order valence-corrected chi connectivity index (χ1v) is 4.58. The summed E-state index contributed by atoms with van der Waals surface area (Å²) in [5, 5.41) is 8.34. The van der Waals surface area contributed by atoms with Gasteiger partial charge in [-0.3, -0.25) is 0 Å². The summed E-state index contributed by atoms with van der Waals surface area (Å²) in [6.07, 6.45) is -4.67. The second-order valence-corrected chi connectivity index (χ2v) is 3.39. The van der Waals surface area contributed by atoms with E-state index in [9.17, 15) is 13.2 Å². The van der Waals surface area contributed by atoms with Crippen molar-refractivity contribution in [2.24, 2.45) is 0 Å². The van der Waals surface area contributed by atoms with Gasteiger partial charge >= 0.3 is 6.18 Å². The molecular weight excluding hydrogens is 243 g/mol. The lowest BCUT2D eigenvalue weighted by molar-refractivity contribution is -0.137. The summed E-state index contributed by atoms with van der Waals surface area (Å²) in [7, 11) is 1.29. The molecule has 0 fully saturated rings. The van der Waals surface area contributed by atoms with Crippen LogP contribution in [0.4, 0.5) is 13.2 Å². The van der Waals surface area contributed by atoms with E-state index in [0.29, 0.717) is 0 Å². The minimum absolute atomic E-state index is 0.108. The number of benzene rings is 1. The van der Waals surface area contributed by atoms with Crippen molar-refractivity contribution in [3.8, 4) is 11.8 Å². The first kappa shape index (κ1) is 12.7. The number of methoxy groups -OCH3 is 1. The number of rotatable bonds is 2. The molecule has 6 heteroatoms. The highest BCUT2D eigenvalue weighted by Gasteiger charge is 2.32. The molecule has 0 amide bonds. The van der Waals surface area contributed by atoms with Crippen molar-refractivity contribution in [1.82, 2.24) is 0 Å². The lowest BCUT2D eigenvalue weighted by Gasteiger charge is -2.12. The Morgan fingerprint density at radius 1 is 1.44 bits per heavy atom. The Morgan fingerprint density at radius 3 is 2.50 bits per heavy atom. The number of halogens is 4. The van der Waals surface area contributed by atoms with Gasteiger partial charge in [0, 0.05) is 5.56 Å². The van der Waals surface area contributed by atoms with Crippen LogP contribution in [0.2, 0.25) is 5.02 Å². The van der Waals surface area contributed by atoms with Crippen LogP contribution >= 0.6 is 11.6 Å². The fourth-order valence-electron chi connectivity index (χ4n) is 1.26. The normalized spacial score (nSPS) is 11.0. The quantitative estimate of drug-likeness (QED) is 0.804. The number of nitrogens with zero attached hydrogens (tertiary/aromatic N) is 1. The molecule has 0 saturated carbocycles. The minimum atomic E-state index is -4.49. The van der Waals surface area contributed by atoms with E-state index in [-0.39, 0.29) is 22.8 Å². The first-order valence-electron chi connectivity index (χ1n) is 4.20. The number of ether oxygens (including phenoxy) is 1. The average molecular weight is 250 g/mol. The van der Waals surface area contributed by atoms with Crippen molar-refractivity contribution in [2.45, 2.75) is 12.6 Å². The summed E-state index contributed by atoms with van der Waals surface area (Å²) in [5.74, 6) is 0.108. The minimum Gasteiger partial charge on any atom is -0.495 e. The molecule has 86 valence electrons. The second-order valence-electron chi connectivity index (χ2n) is 2.98. The fraction of sp³-hybridized carbons (Fsp3) is 0.300. The summed E-state index contributed by atoms with van der Waals surface area (Å²) in [5.41, 5.74) is -0.756. The first-order chi connectivity index (χ1) is 7.40. The van der Waals surface area contributed by atoms with Gasteiger partial charge in [0.2, 0.25) is 0 Å². The Balaban J connectivity index is 3.35. The molecule has 0 unspecified atom stereocenters. The van der Waals surface area contributed by atoms with Crippen LogP contribution in [0.3, 0.4) is 0 Å². The molecule has 0 N–H and O–H groups in total. The van der Waals surface area contributed by atoms with Gasteiger partial charge in [0.25, 0.3) is 0 Å². The van der Waals surface area contributed by atoms with E-state index >= 15 is 0 Å². The summed E-state index contributed by atoms with van der Waals surface area (Å²) in [4.78, 5) is 0. The molecule has 16 heavy (non-hydrogen) atoms. The maximum Gasteiger partial charge on any atom is 0.416 e. The Morgan fingerprint density at radius 2 is 2.06 bits per heavy atom. The van der Waals surface area contributed by atoms with Gasteiger partial charge in [0.05, 0.1) is 30.2 Å². The third-order valence-electron chi connectivity index (χ3n) is 1.92. The summed E-state index contributed by atoms with van der Waals surface area (Å²) >= 11 is 5.64. The van der Waals surface area contributed by atoms with E-state index < -0.39 is 11.7 Å². The Bertz CT molecular complexity index is 437. The van der Waals surface area contributed by atoms with Crippen LogP contribution in [0.1, 0.15) is 11.1 Å². The summed E-state index contributed by atoms with van der Waals surface area (Å²) < 4.78 is 42.2. The number of nitriles is 1. The van der Waals surface area contributed by atoms with Crippen LogP contribution in [0.25, 0.3) is 0 Å². The Hall–Kier alpha value is -1.41. The van der Waals surface area contributed by atoms with Crippen LogP contribution in [0.5, 0.6) is 5.75 Å². The van der Waals surface area contributed by atoms with Crippen molar-refractivity contribution in [3.63, 3.8) is 0 Å². The second kappa shape index (κ2) is 4.62. The number of hydrogen-bond acceptors (Lipinski definition) is 2. The maximum absolute atomic E-state index is 12.4. The molecule has 0 aliphatic carbocycles. The monoisotopic (exact) mass is 249 g/mol. The van der Waals surface area contributed by atoms with Crippen molar-refractivity contribution < 1.29 is 17.9 Å². The SMILES string of the molecule is COc1c(Cl)cc(C(F)(F)F)cc1CC#N. The molecule has 0 spiro atoms. The van der Waals surface area contributed by atoms with Gasteiger partial charge in [-0.05, 0) is 12.1 Å². The van der Waals surface area contributed by atoms with Gasteiger partial charge in [0.15, 0.2) is 0 Å². The molecule has 0 aliphatic heterocycles. The van der Waals surface area contributed by atoms with Crippen molar-refractivity contribution in [3.05, 3.63) is 28.3 Å². The predicted molar refractivity (Wildman–Crippen MR) is 52.3 cm³/mol. The zero-order valence-corrected chi connectivity index (χ0v) is 8.99. The molecule has 0 atom stereocenters. The van der Waals surface area contributed by atoms with Crippen LogP contribution < -0.4 is 4.74 Å². The molecule has 0 bridgehead atoms.